The van der Waals surface area contributed by atoms with Crippen LogP contribution in [-0.2, 0) is 12.7 Å². The summed E-state index contributed by atoms with van der Waals surface area (Å²) in [7, 11) is 1.64. The summed E-state index contributed by atoms with van der Waals surface area (Å²) in [5.74, 6) is 0.415. The molecule has 6 nitrogen and oxygen atoms in total. The molecular weight excluding hydrogens is 460 g/mol. The molecule has 0 bridgehead atoms. The smallest absolute Gasteiger partial charge is 0.368 e. The van der Waals surface area contributed by atoms with Gasteiger partial charge in [-0.15, -0.1) is 24.0 Å². The van der Waals surface area contributed by atoms with Gasteiger partial charge in [0, 0.05) is 51.8 Å². The summed E-state index contributed by atoms with van der Waals surface area (Å²) in [6, 6.07) is 6.17. The highest BCUT2D eigenvalue weighted by Crippen LogP contribution is 2.33. The number of aromatic nitrogens is 2. The van der Waals surface area contributed by atoms with Crippen LogP contribution in [0.5, 0.6) is 0 Å². The van der Waals surface area contributed by atoms with Gasteiger partial charge in [-0.05, 0) is 24.3 Å². The van der Waals surface area contributed by atoms with E-state index in [0.717, 1.165) is 12.6 Å². The molecule has 0 unspecified atom stereocenters. The molecule has 3 N–H and O–H groups in total. The van der Waals surface area contributed by atoms with Crippen LogP contribution in [-0.4, -0.2) is 42.2 Å². The summed E-state index contributed by atoms with van der Waals surface area (Å²) in [6.07, 6.45) is 0.826. The Morgan fingerprint density at radius 1 is 1.12 bits per heavy atom. The van der Waals surface area contributed by atoms with Gasteiger partial charge in [-0.25, -0.2) is 4.98 Å². The maximum Gasteiger partial charge on any atom is 0.419 e. The number of alkyl halides is 3. The molecule has 0 saturated heterocycles. The van der Waals surface area contributed by atoms with Crippen molar-refractivity contribution in [2.24, 2.45) is 4.99 Å². The molecule has 2 aromatic heterocycles. The van der Waals surface area contributed by atoms with Crippen LogP contribution in [0.3, 0.4) is 0 Å². The minimum Gasteiger partial charge on any atom is -0.368 e. The zero-order chi connectivity index (χ0) is 18.1. The molecule has 26 heavy (non-hydrogen) atoms. The fourth-order valence-corrected chi connectivity index (χ4v) is 2.18. The average molecular weight is 482 g/mol. The first-order valence-electron chi connectivity index (χ1n) is 7.82. The van der Waals surface area contributed by atoms with Crippen molar-refractivity contribution in [2.45, 2.75) is 12.7 Å². The van der Waals surface area contributed by atoms with E-state index in [9.17, 15) is 13.2 Å². The van der Waals surface area contributed by atoms with Gasteiger partial charge >= 0.3 is 6.18 Å². The molecule has 0 aliphatic rings. The number of nitrogens with one attached hydrogen (secondary N) is 3. The topological polar surface area (TPSA) is 66.3 Å². The maximum absolute atomic E-state index is 12.9. The molecule has 0 aromatic carbocycles. The molecule has 0 fully saturated rings. The minimum absolute atomic E-state index is 0. The Morgan fingerprint density at radius 2 is 1.81 bits per heavy atom. The van der Waals surface area contributed by atoms with Crippen LogP contribution >= 0.6 is 24.0 Å². The van der Waals surface area contributed by atoms with Crippen molar-refractivity contribution in [1.29, 1.82) is 0 Å². The van der Waals surface area contributed by atoms with Crippen LogP contribution in [0.4, 0.5) is 19.0 Å². The van der Waals surface area contributed by atoms with Crippen LogP contribution in [0.25, 0.3) is 0 Å². The van der Waals surface area contributed by atoms with E-state index in [1.54, 1.807) is 7.05 Å². The summed E-state index contributed by atoms with van der Waals surface area (Å²) < 4.78 is 40.6. The Hall–Kier alpha value is -1.98. The molecule has 0 amide bonds. The Balaban J connectivity index is 0.00000338. The fraction of sp³-hybridized carbons (Fsp3) is 0.375. The van der Waals surface area contributed by atoms with Crippen LogP contribution in [0.1, 0.15) is 5.56 Å². The lowest BCUT2D eigenvalue weighted by Gasteiger charge is -2.15. The second kappa shape index (κ2) is 10.9. The van der Waals surface area contributed by atoms with Crippen molar-refractivity contribution in [3.63, 3.8) is 0 Å². The predicted octanol–water partition coefficient (Wildman–Crippen LogP) is 2.80. The van der Waals surface area contributed by atoms with Crippen LogP contribution in [0, 0.1) is 0 Å². The van der Waals surface area contributed by atoms with E-state index in [2.05, 4.69) is 25.9 Å². The molecule has 0 radical (unpaired) electrons. The van der Waals surface area contributed by atoms with E-state index in [1.165, 1.54) is 12.3 Å². The van der Waals surface area contributed by atoms with E-state index >= 15 is 0 Å². The van der Waals surface area contributed by atoms with Crippen LogP contribution in [0.2, 0.25) is 0 Å². The third-order valence-electron chi connectivity index (χ3n) is 3.38. The predicted molar refractivity (Wildman–Crippen MR) is 107 cm³/mol. The molecule has 144 valence electrons. The molecular formula is C16H22F3IN6. The Labute approximate surface area is 167 Å². The highest BCUT2D eigenvalue weighted by atomic mass is 127. The molecule has 0 aliphatic heterocycles. The lowest BCUT2D eigenvalue weighted by molar-refractivity contribution is -0.137. The van der Waals surface area contributed by atoms with E-state index < -0.39 is 11.7 Å². The van der Waals surface area contributed by atoms with Crippen molar-refractivity contribution in [2.75, 3.05) is 32.0 Å². The molecule has 0 atom stereocenters. The standard InChI is InChI=1S/C16H21F3N6.HI/c1-20-15(24-9-12-25-10-2-3-11-25)23-8-7-22-14-13(16(17,18)19)5-4-6-21-14;/h2-6,10-11H,7-9,12H2,1H3,(H,21,22)(H2,20,23,24);1H. The first-order valence-corrected chi connectivity index (χ1v) is 7.82. The van der Waals surface area contributed by atoms with Crippen molar-refractivity contribution < 1.29 is 13.2 Å². The monoisotopic (exact) mass is 482 g/mol. The van der Waals surface area contributed by atoms with E-state index in [-0.39, 0.29) is 36.3 Å². The summed E-state index contributed by atoms with van der Waals surface area (Å²) in [4.78, 5) is 7.82. The van der Waals surface area contributed by atoms with Gasteiger partial charge in [-0.2, -0.15) is 13.2 Å². The van der Waals surface area contributed by atoms with Gasteiger partial charge < -0.3 is 20.5 Å². The van der Waals surface area contributed by atoms with Crippen molar-refractivity contribution in [3.8, 4) is 0 Å². The van der Waals surface area contributed by atoms with Gasteiger partial charge in [0.25, 0.3) is 0 Å². The quantitative estimate of drug-likeness (QED) is 0.246. The molecule has 2 aromatic rings. The van der Waals surface area contributed by atoms with E-state index in [1.807, 2.05) is 29.1 Å². The SMILES string of the molecule is CN=C(NCCNc1ncccc1C(F)(F)F)NCCn1cccc1.I. The van der Waals surface area contributed by atoms with Crippen molar-refractivity contribution in [3.05, 3.63) is 48.4 Å². The summed E-state index contributed by atoms with van der Waals surface area (Å²) in [6.45, 7) is 2.14. The molecule has 0 aliphatic carbocycles. The number of hydrogen-bond donors (Lipinski definition) is 3. The normalized spacial score (nSPS) is 11.6. The number of hydrogen-bond acceptors (Lipinski definition) is 3. The Bertz CT molecular complexity index is 673. The number of anilines is 1. The lowest BCUT2D eigenvalue weighted by Crippen LogP contribution is -2.40. The van der Waals surface area contributed by atoms with Crippen LogP contribution in [0.15, 0.2) is 47.8 Å². The number of nitrogens with zero attached hydrogens (tertiary/aromatic N) is 3. The highest BCUT2D eigenvalue weighted by molar-refractivity contribution is 14.0. The third kappa shape index (κ3) is 7.10. The van der Waals surface area contributed by atoms with Gasteiger partial charge in [-0.3, -0.25) is 4.99 Å². The minimum atomic E-state index is -4.43. The number of aliphatic imine (C=N–C) groups is 1. The largest absolute Gasteiger partial charge is 0.419 e. The number of rotatable bonds is 7. The van der Waals surface area contributed by atoms with Gasteiger partial charge in [0.05, 0.1) is 5.56 Å². The second-order valence-electron chi connectivity index (χ2n) is 5.17. The maximum atomic E-state index is 12.9. The van der Waals surface area contributed by atoms with Gasteiger partial charge in [-0.1, -0.05) is 0 Å². The van der Waals surface area contributed by atoms with Gasteiger partial charge in [0.15, 0.2) is 5.96 Å². The number of guanidine groups is 1. The third-order valence-corrected chi connectivity index (χ3v) is 3.38. The Morgan fingerprint density at radius 3 is 2.46 bits per heavy atom. The zero-order valence-electron chi connectivity index (χ0n) is 14.3. The molecule has 2 rings (SSSR count). The first kappa shape index (κ1) is 22.1. The van der Waals surface area contributed by atoms with E-state index in [4.69, 9.17) is 0 Å². The van der Waals surface area contributed by atoms with E-state index in [0.29, 0.717) is 19.0 Å². The number of pyridine rings is 1. The number of halogens is 4. The highest BCUT2D eigenvalue weighted by Gasteiger charge is 2.33. The first-order chi connectivity index (χ1) is 12.0. The average Bonchev–Trinajstić information content (AvgIpc) is 3.10. The summed E-state index contributed by atoms with van der Waals surface area (Å²) in [5, 5.41) is 8.87. The summed E-state index contributed by atoms with van der Waals surface area (Å²) in [5.41, 5.74) is -0.774. The zero-order valence-corrected chi connectivity index (χ0v) is 16.6. The van der Waals surface area contributed by atoms with Crippen molar-refractivity contribution >= 4 is 35.8 Å². The molecule has 10 heteroatoms. The van der Waals surface area contributed by atoms with Gasteiger partial charge in [0.2, 0.25) is 0 Å². The van der Waals surface area contributed by atoms with Gasteiger partial charge in [0.1, 0.15) is 5.82 Å². The molecule has 2 heterocycles. The fourth-order valence-electron chi connectivity index (χ4n) is 2.18. The summed E-state index contributed by atoms with van der Waals surface area (Å²) >= 11 is 0. The second-order valence-corrected chi connectivity index (χ2v) is 5.17. The van der Waals surface area contributed by atoms with Crippen molar-refractivity contribution in [1.82, 2.24) is 20.2 Å². The molecule has 0 spiro atoms. The van der Waals surface area contributed by atoms with Crippen LogP contribution < -0.4 is 16.0 Å². The Kier molecular flexibility index (Phi) is 9.24. The molecule has 0 saturated carbocycles. The lowest BCUT2D eigenvalue weighted by atomic mass is 10.2.